The molecule has 2 unspecified atom stereocenters. The van der Waals surface area contributed by atoms with Gasteiger partial charge in [-0.3, -0.25) is 0 Å². The molecule has 0 saturated carbocycles. The molecule has 2 atom stereocenters. The van der Waals surface area contributed by atoms with Crippen LogP contribution in [0.4, 0.5) is 4.79 Å². The third kappa shape index (κ3) is 5.14. The van der Waals surface area contributed by atoms with E-state index < -0.39 is 0 Å². The normalized spacial score (nSPS) is 21.0. The van der Waals surface area contributed by atoms with Crippen molar-refractivity contribution < 1.29 is 14.1 Å². The molecule has 2 amide bonds. The van der Waals surface area contributed by atoms with E-state index in [1.807, 2.05) is 28.0 Å². The van der Waals surface area contributed by atoms with Gasteiger partial charge in [0.15, 0.2) is 5.82 Å². The van der Waals surface area contributed by atoms with E-state index in [1.165, 1.54) is 11.1 Å². The Hall–Kier alpha value is -3.19. The fourth-order valence-corrected chi connectivity index (χ4v) is 4.94. The van der Waals surface area contributed by atoms with Crippen LogP contribution < -0.4 is 0 Å². The first-order chi connectivity index (χ1) is 16.7. The Morgan fingerprint density at radius 1 is 0.941 bits per heavy atom. The molecule has 0 radical (unpaired) electrons. The number of aromatic nitrogens is 2. The Morgan fingerprint density at radius 3 is 2.41 bits per heavy atom. The van der Waals surface area contributed by atoms with Crippen LogP contribution in [0.15, 0.2) is 59.1 Å². The lowest BCUT2D eigenvalue weighted by Gasteiger charge is -2.40. The smallest absolute Gasteiger partial charge is 0.320 e. The summed E-state index contributed by atoms with van der Waals surface area (Å²) in [4.78, 5) is 22.0. The molecule has 2 aliphatic heterocycles. The molecule has 3 heterocycles. The zero-order valence-electron chi connectivity index (χ0n) is 19.7. The predicted octanol–water partition coefficient (Wildman–Crippen LogP) is 4.25. The van der Waals surface area contributed by atoms with Gasteiger partial charge >= 0.3 is 6.03 Å². The number of benzene rings is 2. The van der Waals surface area contributed by atoms with Crippen molar-refractivity contribution in [3.8, 4) is 0 Å². The topological polar surface area (TPSA) is 71.7 Å². The van der Waals surface area contributed by atoms with Gasteiger partial charge in [-0.1, -0.05) is 66.7 Å². The van der Waals surface area contributed by atoms with Crippen molar-refractivity contribution in [2.45, 2.75) is 38.0 Å². The highest BCUT2D eigenvalue weighted by atomic mass is 16.5. The fraction of sp³-hybridized carbons (Fsp3) is 0.444. The molecule has 7 heteroatoms. The first-order valence-electron chi connectivity index (χ1n) is 12.3. The van der Waals surface area contributed by atoms with E-state index in [1.54, 1.807) is 0 Å². The summed E-state index contributed by atoms with van der Waals surface area (Å²) in [6, 6.07) is 19.0. The number of urea groups is 1. The fourth-order valence-electron chi connectivity index (χ4n) is 4.94. The number of carbonyl (C=O) groups excluding carboxylic acids is 1. The van der Waals surface area contributed by atoms with Gasteiger partial charge < -0.3 is 19.1 Å². The number of carbonyl (C=O) groups is 1. The van der Waals surface area contributed by atoms with Crippen molar-refractivity contribution in [3.63, 3.8) is 0 Å². The lowest BCUT2D eigenvalue weighted by molar-refractivity contribution is 0.0392. The highest BCUT2D eigenvalue weighted by Gasteiger charge is 2.36. The standard InChI is InChI=1S/C27H32N4O3/c1-2-20-8-10-22(11-9-20)23-17-24(19-31(18-23)27(32)30-12-14-33-15-13-30)26-28-25(29-34-26)16-21-6-4-3-5-7-21/h3-11,23-24H,2,12-19H2,1H3. The third-order valence-corrected chi connectivity index (χ3v) is 6.90. The van der Waals surface area contributed by atoms with Gasteiger partial charge in [-0.15, -0.1) is 0 Å². The molecule has 2 saturated heterocycles. The average Bonchev–Trinajstić information content (AvgIpc) is 3.37. The second kappa shape index (κ2) is 10.4. The van der Waals surface area contributed by atoms with Gasteiger partial charge in [0.05, 0.1) is 19.1 Å². The molecule has 2 aromatic carbocycles. The molecule has 34 heavy (non-hydrogen) atoms. The molecule has 7 nitrogen and oxygen atoms in total. The number of ether oxygens (including phenoxy) is 1. The molecule has 0 bridgehead atoms. The highest BCUT2D eigenvalue weighted by molar-refractivity contribution is 5.75. The quantitative estimate of drug-likeness (QED) is 0.569. The molecule has 2 aliphatic rings. The third-order valence-electron chi connectivity index (χ3n) is 6.90. The van der Waals surface area contributed by atoms with E-state index in [0.29, 0.717) is 57.5 Å². The molecular formula is C27H32N4O3. The SMILES string of the molecule is CCc1ccc(C2CC(c3nc(Cc4ccccc4)no3)CN(C(=O)N3CCOCC3)C2)cc1. The number of rotatable bonds is 5. The van der Waals surface area contributed by atoms with Gasteiger partial charge in [-0.2, -0.15) is 4.98 Å². The summed E-state index contributed by atoms with van der Waals surface area (Å²) in [5.41, 5.74) is 3.72. The number of hydrogen-bond donors (Lipinski definition) is 0. The lowest BCUT2D eigenvalue weighted by atomic mass is 9.84. The Kier molecular flexibility index (Phi) is 6.90. The Labute approximate surface area is 200 Å². The Bertz CT molecular complexity index is 1080. The Balaban J connectivity index is 1.37. The summed E-state index contributed by atoms with van der Waals surface area (Å²) in [5.74, 6) is 1.54. The summed E-state index contributed by atoms with van der Waals surface area (Å²) >= 11 is 0. The zero-order valence-corrected chi connectivity index (χ0v) is 19.7. The second-order valence-corrected chi connectivity index (χ2v) is 9.22. The Morgan fingerprint density at radius 2 is 1.68 bits per heavy atom. The van der Waals surface area contributed by atoms with Crippen molar-refractivity contribution in [3.05, 3.63) is 83.0 Å². The van der Waals surface area contributed by atoms with Gasteiger partial charge in [-0.25, -0.2) is 4.79 Å². The number of likely N-dealkylation sites (tertiary alicyclic amines) is 1. The van der Waals surface area contributed by atoms with Gasteiger partial charge in [0.1, 0.15) is 0 Å². The van der Waals surface area contributed by atoms with Gasteiger partial charge in [0, 0.05) is 38.5 Å². The van der Waals surface area contributed by atoms with Crippen LogP contribution in [-0.2, 0) is 17.6 Å². The molecule has 0 N–H and O–H groups in total. The maximum Gasteiger partial charge on any atom is 0.320 e. The van der Waals surface area contributed by atoms with Gasteiger partial charge in [0.2, 0.25) is 5.89 Å². The monoisotopic (exact) mass is 460 g/mol. The van der Waals surface area contributed by atoms with Crippen LogP contribution in [0.1, 0.15) is 53.6 Å². The predicted molar refractivity (Wildman–Crippen MR) is 129 cm³/mol. The van der Waals surface area contributed by atoms with Gasteiger partial charge in [0.25, 0.3) is 0 Å². The molecule has 2 fully saturated rings. The first-order valence-corrected chi connectivity index (χ1v) is 12.3. The van der Waals surface area contributed by atoms with E-state index in [2.05, 4.69) is 48.5 Å². The summed E-state index contributed by atoms with van der Waals surface area (Å²) in [6.07, 6.45) is 2.53. The summed E-state index contributed by atoms with van der Waals surface area (Å²) in [5, 5.41) is 4.25. The molecule has 1 aromatic heterocycles. The van der Waals surface area contributed by atoms with Crippen molar-refractivity contribution in [1.29, 1.82) is 0 Å². The number of amides is 2. The lowest BCUT2D eigenvalue weighted by Crippen LogP contribution is -2.52. The van der Waals surface area contributed by atoms with Crippen molar-refractivity contribution in [1.82, 2.24) is 19.9 Å². The van der Waals surface area contributed by atoms with Crippen LogP contribution in [0.5, 0.6) is 0 Å². The van der Waals surface area contributed by atoms with Crippen molar-refractivity contribution in [2.24, 2.45) is 0 Å². The number of aryl methyl sites for hydroxylation is 1. The maximum atomic E-state index is 13.4. The molecule has 0 spiro atoms. The first kappa shape index (κ1) is 22.6. The highest BCUT2D eigenvalue weighted by Crippen LogP contribution is 2.36. The molecule has 5 rings (SSSR count). The molecule has 0 aliphatic carbocycles. The van der Waals surface area contributed by atoms with Crippen LogP contribution in [0.3, 0.4) is 0 Å². The van der Waals surface area contributed by atoms with Crippen LogP contribution in [0.25, 0.3) is 0 Å². The zero-order chi connectivity index (χ0) is 23.3. The second-order valence-electron chi connectivity index (χ2n) is 9.22. The molecule has 3 aromatic rings. The van der Waals surface area contributed by atoms with Gasteiger partial charge in [-0.05, 0) is 29.5 Å². The van der Waals surface area contributed by atoms with E-state index in [-0.39, 0.29) is 17.9 Å². The van der Waals surface area contributed by atoms with Crippen LogP contribution >= 0.6 is 0 Å². The van der Waals surface area contributed by atoms with E-state index >= 15 is 0 Å². The minimum atomic E-state index is 0.00613. The largest absolute Gasteiger partial charge is 0.378 e. The number of morpholine rings is 1. The van der Waals surface area contributed by atoms with E-state index in [4.69, 9.17) is 14.2 Å². The molecular weight excluding hydrogens is 428 g/mol. The van der Waals surface area contributed by atoms with Crippen molar-refractivity contribution in [2.75, 3.05) is 39.4 Å². The minimum Gasteiger partial charge on any atom is -0.378 e. The van der Waals surface area contributed by atoms with Crippen molar-refractivity contribution >= 4 is 6.03 Å². The van der Waals surface area contributed by atoms with Crippen LogP contribution in [0.2, 0.25) is 0 Å². The summed E-state index contributed by atoms with van der Waals surface area (Å²) in [7, 11) is 0. The van der Waals surface area contributed by atoms with E-state index in [9.17, 15) is 4.79 Å². The average molecular weight is 461 g/mol. The summed E-state index contributed by atoms with van der Waals surface area (Å²) < 4.78 is 11.2. The van der Waals surface area contributed by atoms with E-state index in [0.717, 1.165) is 18.4 Å². The maximum absolute atomic E-state index is 13.4. The number of hydrogen-bond acceptors (Lipinski definition) is 5. The molecule has 178 valence electrons. The number of piperidine rings is 1. The minimum absolute atomic E-state index is 0.00613. The van der Waals surface area contributed by atoms with Crippen LogP contribution in [0, 0.1) is 0 Å². The van der Waals surface area contributed by atoms with Crippen LogP contribution in [-0.4, -0.2) is 65.4 Å². The summed E-state index contributed by atoms with van der Waals surface area (Å²) in [6.45, 7) is 5.91. The number of nitrogens with zero attached hydrogens (tertiary/aromatic N) is 4.